The number of amides is 1. The molecule has 0 saturated heterocycles. The number of carbonyl (C=O) groups excluding carboxylic acids is 1. The first-order chi connectivity index (χ1) is 12.2. The zero-order valence-corrected chi connectivity index (χ0v) is 13.9. The second-order valence-corrected chi connectivity index (χ2v) is 6.14. The second-order valence-electron chi connectivity index (χ2n) is 6.14. The smallest absolute Gasteiger partial charge is 0.271 e. The summed E-state index contributed by atoms with van der Waals surface area (Å²) in [6, 6.07) is 11.5. The van der Waals surface area contributed by atoms with Gasteiger partial charge in [0, 0.05) is 25.4 Å². The summed E-state index contributed by atoms with van der Waals surface area (Å²) in [7, 11) is 0. The van der Waals surface area contributed by atoms with Gasteiger partial charge in [0.25, 0.3) is 5.91 Å². The Morgan fingerprint density at radius 3 is 2.96 bits per heavy atom. The first-order valence-corrected chi connectivity index (χ1v) is 8.31. The predicted molar refractivity (Wildman–Crippen MR) is 93.2 cm³/mol. The first-order valence-electron chi connectivity index (χ1n) is 8.31. The number of nitrogens with one attached hydrogen (secondary N) is 1. The third-order valence-corrected chi connectivity index (χ3v) is 4.15. The lowest BCUT2D eigenvalue weighted by molar-refractivity contribution is 0.0811. The molecule has 1 aromatic carbocycles. The lowest BCUT2D eigenvalue weighted by Crippen LogP contribution is -2.34. The van der Waals surface area contributed by atoms with E-state index in [1.807, 2.05) is 53.9 Å². The summed E-state index contributed by atoms with van der Waals surface area (Å²) in [5.41, 5.74) is 2.29. The molecule has 3 aromatic rings. The molecule has 4 rings (SSSR count). The van der Waals surface area contributed by atoms with Gasteiger partial charge < -0.3 is 19.2 Å². The molecule has 1 aliphatic rings. The number of imidazole rings is 1. The summed E-state index contributed by atoms with van der Waals surface area (Å²) >= 11 is 0. The van der Waals surface area contributed by atoms with Crippen LogP contribution in [0.1, 0.15) is 22.5 Å². The lowest BCUT2D eigenvalue weighted by atomic mass is 10.2. The zero-order valence-electron chi connectivity index (χ0n) is 13.9. The third-order valence-electron chi connectivity index (χ3n) is 4.15. The van der Waals surface area contributed by atoms with Crippen molar-refractivity contribution >= 4 is 11.6 Å². The standard InChI is InChI=1S/C19H19N3O3/c1-13-6-7-18-21-15(11-22(18)10-13)19(23)20-9-8-14-12-24-16-4-2-3-5-17(16)25-14/h2-7,10-11,14H,8-9,12H2,1H3,(H,20,23). The minimum Gasteiger partial charge on any atom is -0.486 e. The predicted octanol–water partition coefficient (Wildman–Crippen LogP) is 2.60. The van der Waals surface area contributed by atoms with E-state index in [2.05, 4.69) is 10.3 Å². The summed E-state index contributed by atoms with van der Waals surface area (Å²) in [6.45, 7) is 2.99. The van der Waals surface area contributed by atoms with Crippen LogP contribution in [-0.2, 0) is 0 Å². The largest absolute Gasteiger partial charge is 0.486 e. The zero-order chi connectivity index (χ0) is 17.2. The minimum atomic E-state index is -0.182. The van der Waals surface area contributed by atoms with Crippen molar-refractivity contribution in [3.63, 3.8) is 0 Å². The number of carbonyl (C=O) groups is 1. The Kier molecular flexibility index (Phi) is 4.01. The lowest BCUT2D eigenvalue weighted by Gasteiger charge is -2.26. The molecule has 1 unspecified atom stereocenters. The molecule has 1 atom stereocenters. The third kappa shape index (κ3) is 3.28. The van der Waals surface area contributed by atoms with Gasteiger partial charge in [0.2, 0.25) is 0 Å². The summed E-state index contributed by atoms with van der Waals surface area (Å²) < 4.78 is 13.4. The topological polar surface area (TPSA) is 64.9 Å². The van der Waals surface area contributed by atoms with Gasteiger partial charge in [-0.1, -0.05) is 18.2 Å². The molecule has 0 bridgehead atoms. The Morgan fingerprint density at radius 2 is 2.08 bits per heavy atom. The molecule has 1 amide bonds. The van der Waals surface area contributed by atoms with Crippen LogP contribution in [0.15, 0.2) is 48.8 Å². The van der Waals surface area contributed by atoms with Gasteiger partial charge in [-0.25, -0.2) is 4.98 Å². The highest BCUT2D eigenvalue weighted by Crippen LogP contribution is 2.31. The molecule has 0 radical (unpaired) electrons. The van der Waals surface area contributed by atoms with E-state index in [9.17, 15) is 4.79 Å². The highest BCUT2D eigenvalue weighted by molar-refractivity contribution is 5.92. The van der Waals surface area contributed by atoms with Gasteiger partial charge in [-0.05, 0) is 30.7 Å². The number of benzene rings is 1. The van der Waals surface area contributed by atoms with Gasteiger partial charge in [0.1, 0.15) is 24.1 Å². The van der Waals surface area contributed by atoms with Crippen molar-refractivity contribution in [2.75, 3.05) is 13.2 Å². The van der Waals surface area contributed by atoms with Gasteiger partial charge >= 0.3 is 0 Å². The maximum atomic E-state index is 12.3. The van der Waals surface area contributed by atoms with Crippen molar-refractivity contribution in [1.82, 2.24) is 14.7 Å². The van der Waals surface area contributed by atoms with E-state index in [1.165, 1.54) is 0 Å². The van der Waals surface area contributed by atoms with Crippen LogP contribution in [-0.4, -0.2) is 34.5 Å². The number of aromatic nitrogens is 2. The number of hydrogen-bond donors (Lipinski definition) is 1. The van der Waals surface area contributed by atoms with E-state index in [-0.39, 0.29) is 12.0 Å². The Morgan fingerprint density at radius 1 is 1.24 bits per heavy atom. The SMILES string of the molecule is Cc1ccc2nc(C(=O)NCCC3COc4ccccc4O3)cn2c1. The fraction of sp³-hybridized carbons (Fsp3) is 0.263. The number of fused-ring (bicyclic) bond motifs is 2. The number of hydrogen-bond acceptors (Lipinski definition) is 4. The van der Waals surface area contributed by atoms with Crippen molar-refractivity contribution in [1.29, 1.82) is 0 Å². The van der Waals surface area contributed by atoms with Crippen LogP contribution in [0.2, 0.25) is 0 Å². The van der Waals surface area contributed by atoms with E-state index < -0.39 is 0 Å². The normalized spacial score (nSPS) is 16.0. The second kappa shape index (κ2) is 6.47. The van der Waals surface area contributed by atoms with E-state index in [0.717, 1.165) is 22.7 Å². The Labute approximate surface area is 145 Å². The number of nitrogens with zero attached hydrogens (tertiary/aromatic N) is 2. The average molecular weight is 337 g/mol. The molecule has 128 valence electrons. The van der Waals surface area contributed by atoms with Crippen molar-refractivity contribution in [3.05, 3.63) is 60.0 Å². The summed E-state index contributed by atoms with van der Waals surface area (Å²) in [5.74, 6) is 1.34. The minimum absolute atomic E-state index is 0.0704. The summed E-state index contributed by atoms with van der Waals surface area (Å²) in [5, 5.41) is 2.90. The van der Waals surface area contributed by atoms with Crippen LogP contribution in [0.3, 0.4) is 0 Å². The van der Waals surface area contributed by atoms with Crippen LogP contribution < -0.4 is 14.8 Å². The van der Waals surface area contributed by atoms with Crippen LogP contribution >= 0.6 is 0 Å². The van der Waals surface area contributed by atoms with Gasteiger partial charge in [0.15, 0.2) is 11.5 Å². The Hall–Kier alpha value is -3.02. The molecule has 1 N–H and O–H groups in total. The number of rotatable bonds is 4. The molecule has 0 spiro atoms. The molecule has 3 heterocycles. The fourth-order valence-corrected chi connectivity index (χ4v) is 2.86. The van der Waals surface area contributed by atoms with Crippen LogP contribution in [0.25, 0.3) is 5.65 Å². The highest BCUT2D eigenvalue weighted by atomic mass is 16.6. The molecule has 2 aromatic heterocycles. The van der Waals surface area contributed by atoms with Crippen LogP contribution in [0, 0.1) is 6.92 Å². The maximum Gasteiger partial charge on any atom is 0.271 e. The summed E-state index contributed by atoms with van der Waals surface area (Å²) in [6.07, 6.45) is 4.30. The average Bonchev–Trinajstić information content (AvgIpc) is 3.05. The number of ether oxygens (including phenoxy) is 2. The van der Waals surface area contributed by atoms with Crippen molar-refractivity contribution in [2.24, 2.45) is 0 Å². The Bertz CT molecular complexity index is 919. The van der Waals surface area contributed by atoms with E-state index >= 15 is 0 Å². The van der Waals surface area contributed by atoms with Crippen molar-refractivity contribution in [3.8, 4) is 11.5 Å². The number of para-hydroxylation sites is 2. The molecule has 1 aliphatic heterocycles. The van der Waals surface area contributed by atoms with Crippen molar-refractivity contribution in [2.45, 2.75) is 19.4 Å². The van der Waals surface area contributed by atoms with E-state index in [0.29, 0.717) is 25.3 Å². The molecule has 6 heteroatoms. The van der Waals surface area contributed by atoms with E-state index in [4.69, 9.17) is 9.47 Å². The molecular weight excluding hydrogens is 318 g/mol. The van der Waals surface area contributed by atoms with Gasteiger partial charge in [-0.2, -0.15) is 0 Å². The quantitative estimate of drug-likeness (QED) is 0.795. The first kappa shape index (κ1) is 15.5. The molecule has 6 nitrogen and oxygen atoms in total. The van der Waals surface area contributed by atoms with Crippen LogP contribution in [0.4, 0.5) is 0 Å². The van der Waals surface area contributed by atoms with Gasteiger partial charge in [0.05, 0.1) is 0 Å². The number of pyridine rings is 1. The highest BCUT2D eigenvalue weighted by Gasteiger charge is 2.20. The monoisotopic (exact) mass is 337 g/mol. The van der Waals surface area contributed by atoms with Crippen molar-refractivity contribution < 1.29 is 14.3 Å². The summed E-state index contributed by atoms with van der Waals surface area (Å²) in [4.78, 5) is 16.6. The Balaban J connectivity index is 1.33. The fourth-order valence-electron chi connectivity index (χ4n) is 2.86. The van der Waals surface area contributed by atoms with Gasteiger partial charge in [-0.3, -0.25) is 4.79 Å². The molecule has 0 saturated carbocycles. The molecule has 0 aliphatic carbocycles. The molecule has 25 heavy (non-hydrogen) atoms. The van der Waals surface area contributed by atoms with E-state index in [1.54, 1.807) is 6.20 Å². The number of aryl methyl sites for hydroxylation is 1. The van der Waals surface area contributed by atoms with Gasteiger partial charge in [-0.15, -0.1) is 0 Å². The molecule has 0 fully saturated rings. The molecular formula is C19H19N3O3. The maximum absolute atomic E-state index is 12.3. The van der Waals surface area contributed by atoms with Crippen LogP contribution in [0.5, 0.6) is 11.5 Å².